The monoisotopic (exact) mass is 265 g/mol. The van der Waals surface area contributed by atoms with E-state index in [1.165, 1.54) is 24.8 Å². The fraction of sp³-hybridized carbons (Fsp3) is 0.647. The summed E-state index contributed by atoms with van der Waals surface area (Å²) in [6.45, 7) is 9.13. The molecule has 1 aromatic rings. The lowest BCUT2D eigenvalue weighted by molar-refractivity contribution is 0.473. The highest BCUT2D eigenvalue weighted by Crippen LogP contribution is 2.24. The van der Waals surface area contributed by atoms with Crippen LogP contribution < -0.4 is 5.32 Å². The smallest absolute Gasteiger partial charge is 0.129 e. The third-order valence-electron chi connectivity index (χ3n) is 3.60. The van der Waals surface area contributed by atoms with Crippen LogP contribution in [0.4, 0.5) is 4.39 Å². The minimum absolute atomic E-state index is 0.0634. The third kappa shape index (κ3) is 4.94. The molecule has 0 fully saturated rings. The zero-order valence-corrected chi connectivity index (χ0v) is 12.9. The van der Waals surface area contributed by atoms with Gasteiger partial charge in [0.1, 0.15) is 5.82 Å². The average molecular weight is 265 g/mol. The van der Waals surface area contributed by atoms with Gasteiger partial charge in [0.05, 0.1) is 0 Å². The second-order valence-corrected chi connectivity index (χ2v) is 5.47. The van der Waals surface area contributed by atoms with Crippen molar-refractivity contribution in [2.45, 2.75) is 65.8 Å². The zero-order valence-electron chi connectivity index (χ0n) is 12.9. The highest BCUT2D eigenvalue weighted by molar-refractivity contribution is 5.32. The molecule has 0 aliphatic heterocycles. The Morgan fingerprint density at radius 2 is 1.68 bits per heavy atom. The van der Waals surface area contributed by atoms with Crippen molar-refractivity contribution in [3.05, 3.63) is 34.6 Å². The maximum Gasteiger partial charge on any atom is 0.129 e. The minimum atomic E-state index is -0.0634. The van der Waals surface area contributed by atoms with Gasteiger partial charge < -0.3 is 5.32 Å². The van der Waals surface area contributed by atoms with Gasteiger partial charge in [0.25, 0.3) is 0 Å². The molecule has 1 nitrogen and oxygen atoms in total. The largest absolute Gasteiger partial charge is 0.310 e. The van der Waals surface area contributed by atoms with Crippen LogP contribution in [0.1, 0.15) is 68.7 Å². The molecule has 2 heteroatoms. The summed E-state index contributed by atoms with van der Waals surface area (Å²) in [6, 6.07) is 4.37. The predicted molar refractivity (Wildman–Crippen MR) is 81.1 cm³/mol. The van der Waals surface area contributed by atoms with Crippen LogP contribution in [0.2, 0.25) is 0 Å². The van der Waals surface area contributed by atoms with E-state index in [9.17, 15) is 4.39 Å². The first-order valence-corrected chi connectivity index (χ1v) is 7.60. The molecule has 0 saturated heterocycles. The molecule has 0 aliphatic carbocycles. The lowest BCUT2D eigenvalue weighted by Gasteiger charge is -2.20. The molecule has 0 radical (unpaired) electrons. The van der Waals surface area contributed by atoms with E-state index in [-0.39, 0.29) is 5.82 Å². The molecule has 108 valence electrons. The Morgan fingerprint density at radius 1 is 1.05 bits per heavy atom. The first-order chi connectivity index (χ1) is 9.10. The second-order valence-electron chi connectivity index (χ2n) is 5.47. The summed E-state index contributed by atoms with van der Waals surface area (Å²) in [5.74, 6) is -0.0634. The van der Waals surface area contributed by atoms with Gasteiger partial charge >= 0.3 is 0 Å². The quantitative estimate of drug-likeness (QED) is 0.647. The summed E-state index contributed by atoms with van der Waals surface area (Å²) < 4.78 is 13.7. The van der Waals surface area contributed by atoms with E-state index in [4.69, 9.17) is 0 Å². The highest BCUT2D eigenvalue weighted by atomic mass is 19.1. The Bertz CT molecular complexity index is 364. The van der Waals surface area contributed by atoms with Gasteiger partial charge in [0, 0.05) is 6.04 Å². The lowest BCUT2D eigenvalue weighted by atomic mass is 9.96. The Labute approximate surface area is 117 Å². The maximum atomic E-state index is 13.7. The number of unbranched alkanes of at least 4 members (excludes halogenated alkanes) is 2. The molecular formula is C17H28FN. The number of aryl methyl sites for hydroxylation is 2. The highest BCUT2D eigenvalue weighted by Gasteiger charge is 2.13. The molecule has 1 atom stereocenters. The van der Waals surface area contributed by atoms with Gasteiger partial charge in [-0.05, 0) is 49.9 Å². The van der Waals surface area contributed by atoms with Crippen molar-refractivity contribution < 1.29 is 4.39 Å². The van der Waals surface area contributed by atoms with Gasteiger partial charge in [-0.2, -0.15) is 0 Å². The van der Waals surface area contributed by atoms with Gasteiger partial charge in [-0.25, -0.2) is 4.39 Å². The van der Waals surface area contributed by atoms with Crippen molar-refractivity contribution in [2.75, 3.05) is 6.54 Å². The van der Waals surface area contributed by atoms with Crippen LogP contribution in [-0.4, -0.2) is 6.54 Å². The van der Waals surface area contributed by atoms with Crippen molar-refractivity contribution in [1.29, 1.82) is 0 Å². The Morgan fingerprint density at radius 3 is 2.21 bits per heavy atom. The molecule has 0 saturated carbocycles. The van der Waals surface area contributed by atoms with Crippen LogP contribution >= 0.6 is 0 Å². The molecule has 1 N–H and O–H groups in total. The van der Waals surface area contributed by atoms with Crippen molar-refractivity contribution in [3.8, 4) is 0 Å². The van der Waals surface area contributed by atoms with Gasteiger partial charge in [0.2, 0.25) is 0 Å². The molecule has 0 aromatic heterocycles. The normalized spacial score (nSPS) is 12.7. The van der Waals surface area contributed by atoms with Crippen molar-refractivity contribution in [3.63, 3.8) is 0 Å². The van der Waals surface area contributed by atoms with Crippen molar-refractivity contribution in [1.82, 2.24) is 5.32 Å². The summed E-state index contributed by atoms with van der Waals surface area (Å²) >= 11 is 0. The predicted octanol–water partition coefficient (Wildman–Crippen LogP) is 5.06. The van der Waals surface area contributed by atoms with E-state index in [1.807, 2.05) is 26.0 Å². The average Bonchev–Trinajstić information content (AvgIpc) is 2.39. The van der Waals surface area contributed by atoms with Gasteiger partial charge in [-0.15, -0.1) is 0 Å². The Kier molecular flexibility index (Phi) is 7.07. The standard InChI is InChI=1S/C17H28FN/c1-5-7-8-9-16(19-10-6-2)15-11-13(3)17(18)14(4)12-15/h11-12,16,19H,5-10H2,1-4H3. The Hall–Kier alpha value is -0.890. The summed E-state index contributed by atoms with van der Waals surface area (Å²) in [6.07, 6.45) is 6.00. The number of nitrogens with one attached hydrogen (secondary N) is 1. The van der Waals surface area contributed by atoms with Gasteiger partial charge in [-0.3, -0.25) is 0 Å². The van der Waals surface area contributed by atoms with E-state index in [1.54, 1.807) is 0 Å². The Balaban J connectivity index is 2.83. The SMILES string of the molecule is CCCCCC(NCCC)c1cc(C)c(F)c(C)c1. The van der Waals surface area contributed by atoms with Gasteiger partial charge in [-0.1, -0.05) is 45.2 Å². The molecule has 1 rings (SSSR count). The van der Waals surface area contributed by atoms with Crippen LogP contribution in [0.5, 0.6) is 0 Å². The summed E-state index contributed by atoms with van der Waals surface area (Å²) in [5, 5.41) is 3.60. The van der Waals surface area contributed by atoms with Gasteiger partial charge in [0.15, 0.2) is 0 Å². The zero-order chi connectivity index (χ0) is 14.3. The second kappa shape index (κ2) is 8.31. The van der Waals surface area contributed by atoms with Crippen molar-refractivity contribution >= 4 is 0 Å². The molecule has 0 heterocycles. The molecule has 19 heavy (non-hydrogen) atoms. The summed E-state index contributed by atoms with van der Waals surface area (Å²) in [7, 11) is 0. The summed E-state index contributed by atoms with van der Waals surface area (Å²) in [5.41, 5.74) is 2.75. The molecule has 1 unspecified atom stereocenters. The minimum Gasteiger partial charge on any atom is -0.310 e. The molecule has 0 aliphatic rings. The first kappa shape index (κ1) is 16.2. The van der Waals surface area contributed by atoms with Crippen LogP contribution in [0, 0.1) is 19.7 Å². The number of hydrogen-bond donors (Lipinski definition) is 1. The lowest BCUT2D eigenvalue weighted by Crippen LogP contribution is -2.22. The molecule has 0 amide bonds. The van der Waals surface area contributed by atoms with Crippen LogP contribution in [-0.2, 0) is 0 Å². The van der Waals surface area contributed by atoms with Crippen LogP contribution in [0.25, 0.3) is 0 Å². The van der Waals surface area contributed by atoms with E-state index in [2.05, 4.69) is 19.2 Å². The van der Waals surface area contributed by atoms with E-state index < -0.39 is 0 Å². The fourth-order valence-electron chi connectivity index (χ4n) is 2.48. The number of hydrogen-bond acceptors (Lipinski definition) is 1. The first-order valence-electron chi connectivity index (χ1n) is 7.60. The molecule has 1 aromatic carbocycles. The van der Waals surface area contributed by atoms with E-state index in [0.717, 1.165) is 30.5 Å². The number of rotatable bonds is 8. The third-order valence-corrected chi connectivity index (χ3v) is 3.60. The molecule has 0 bridgehead atoms. The number of halogens is 1. The van der Waals surface area contributed by atoms with E-state index >= 15 is 0 Å². The topological polar surface area (TPSA) is 12.0 Å². The molecular weight excluding hydrogens is 237 g/mol. The molecule has 0 spiro atoms. The van der Waals surface area contributed by atoms with E-state index in [0.29, 0.717) is 6.04 Å². The number of benzene rings is 1. The van der Waals surface area contributed by atoms with Crippen molar-refractivity contribution in [2.24, 2.45) is 0 Å². The fourth-order valence-corrected chi connectivity index (χ4v) is 2.48. The van der Waals surface area contributed by atoms with Crippen LogP contribution in [0.15, 0.2) is 12.1 Å². The summed E-state index contributed by atoms with van der Waals surface area (Å²) in [4.78, 5) is 0. The van der Waals surface area contributed by atoms with Crippen LogP contribution in [0.3, 0.4) is 0 Å². The maximum absolute atomic E-state index is 13.7.